The Labute approximate surface area is 139 Å². The molecule has 2 aromatic rings. The van der Waals surface area contributed by atoms with Gasteiger partial charge in [0.25, 0.3) is 0 Å². The number of ether oxygens (including phenoxy) is 1. The van der Waals surface area contributed by atoms with Gasteiger partial charge in [0.1, 0.15) is 0 Å². The Morgan fingerprint density at radius 1 is 1.26 bits per heavy atom. The standard InChI is InChI=1S/C17H18N4OS/c1-2-11-23-16-18-15-14(20-21-16)12-7-3-4-8-13(12)19-17(22-15)9-5-6-10-17/h2-4,7-8,19H,1,5-6,9-11H2. The van der Waals surface area contributed by atoms with Crippen LogP contribution in [0.1, 0.15) is 25.7 Å². The van der Waals surface area contributed by atoms with Gasteiger partial charge in [-0.25, -0.2) is 0 Å². The molecule has 0 amide bonds. The second kappa shape index (κ2) is 5.85. The van der Waals surface area contributed by atoms with E-state index in [-0.39, 0.29) is 5.72 Å². The van der Waals surface area contributed by atoms with Crippen LogP contribution in [0.25, 0.3) is 11.3 Å². The third-order valence-electron chi connectivity index (χ3n) is 4.21. The molecule has 6 heteroatoms. The molecule has 1 aliphatic carbocycles. The summed E-state index contributed by atoms with van der Waals surface area (Å²) >= 11 is 1.51. The fourth-order valence-electron chi connectivity index (χ4n) is 3.16. The van der Waals surface area contributed by atoms with E-state index >= 15 is 0 Å². The zero-order chi connectivity index (χ0) is 15.7. The summed E-state index contributed by atoms with van der Waals surface area (Å²) in [7, 11) is 0. The number of hydrogen-bond donors (Lipinski definition) is 1. The molecule has 0 saturated heterocycles. The zero-order valence-corrected chi connectivity index (χ0v) is 13.6. The Hall–Kier alpha value is -2.08. The highest BCUT2D eigenvalue weighted by atomic mass is 32.2. The summed E-state index contributed by atoms with van der Waals surface area (Å²) in [4.78, 5) is 4.61. The summed E-state index contributed by atoms with van der Waals surface area (Å²) < 4.78 is 6.34. The summed E-state index contributed by atoms with van der Waals surface area (Å²) in [5, 5.41) is 12.8. The second-order valence-electron chi connectivity index (χ2n) is 5.82. The summed E-state index contributed by atoms with van der Waals surface area (Å²) in [6.07, 6.45) is 6.08. The zero-order valence-electron chi connectivity index (χ0n) is 12.8. The number of benzene rings is 1. The summed E-state index contributed by atoms with van der Waals surface area (Å²) in [6.45, 7) is 3.73. The van der Waals surface area contributed by atoms with Gasteiger partial charge in [-0.2, -0.15) is 4.98 Å². The van der Waals surface area contributed by atoms with Gasteiger partial charge in [-0.05, 0) is 18.9 Å². The molecular weight excluding hydrogens is 308 g/mol. The first-order valence-electron chi connectivity index (χ1n) is 7.85. The van der Waals surface area contributed by atoms with Crippen LogP contribution in [0.4, 0.5) is 5.69 Å². The van der Waals surface area contributed by atoms with Crippen LogP contribution in [0.5, 0.6) is 5.88 Å². The van der Waals surface area contributed by atoms with Crippen LogP contribution in [-0.4, -0.2) is 26.7 Å². The Bertz CT molecular complexity index is 743. The van der Waals surface area contributed by atoms with Crippen molar-refractivity contribution >= 4 is 17.4 Å². The van der Waals surface area contributed by atoms with Crippen molar-refractivity contribution in [2.45, 2.75) is 36.6 Å². The lowest BCUT2D eigenvalue weighted by atomic mass is 10.1. The quantitative estimate of drug-likeness (QED) is 0.682. The number of hydrogen-bond acceptors (Lipinski definition) is 6. The van der Waals surface area contributed by atoms with Gasteiger partial charge in [-0.15, -0.1) is 16.8 Å². The average molecular weight is 326 g/mol. The Morgan fingerprint density at radius 3 is 2.91 bits per heavy atom. The van der Waals surface area contributed by atoms with E-state index in [1.165, 1.54) is 11.8 Å². The topological polar surface area (TPSA) is 59.9 Å². The van der Waals surface area contributed by atoms with E-state index < -0.39 is 0 Å². The number of para-hydroxylation sites is 1. The highest BCUT2D eigenvalue weighted by Crippen LogP contribution is 2.43. The van der Waals surface area contributed by atoms with Gasteiger partial charge in [0.05, 0.1) is 0 Å². The van der Waals surface area contributed by atoms with Crippen molar-refractivity contribution in [1.82, 2.24) is 15.2 Å². The van der Waals surface area contributed by atoms with E-state index in [0.29, 0.717) is 16.7 Å². The fourth-order valence-corrected chi connectivity index (χ4v) is 3.67. The van der Waals surface area contributed by atoms with Crippen molar-refractivity contribution in [2.75, 3.05) is 11.1 Å². The number of anilines is 1. The van der Waals surface area contributed by atoms with Crippen LogP contribution < -0.4 is 10.1 Å². The van der Waals surface area contributed by atoms with Gasteiger partial charge in [0, 0.05) is 29.8 Å². The first kappa shape index (κ1) is 14.5. The number of aromatic nitrogens is 3. The lowest BCUT2D eigenvalue weighted by molar-refractivity contribution is 0.101. The van der Waals surface area contributed by atoms with Crippen molar-refractivity contribution in [3.05, 3.63) is 36.9 Å². The molecule has 1 spiro atoms. The number of fused-ring (bicyclic) bond motifs is 3. The molecule has 5 nitrogen and oxygen atoms in total. The van der Waals surface area contributed by atoms with Crippen molar-refractivity contribution in [1.29, 1.82) is 0 Å². The van der Waals surface area contributed by atoms with Crippen LogP contribution in [0.15, 0.2) is 42.1 Å². The maximum atomic E-state index is 6.34. The van der Waals surface area contributed by atoms with Gasteiger partial charge in [0.15, 0.2) is 11.4 Å². The number of nitrogens with one attached hydrogen (secondary N) is 1. The van der Waals surface area contributed by atoms with Crippen LogP contribution >= 0.6 is 11.8 Å². The van der Waals surface area contributed by atoms with Crippen LogP contribution in [0, 0.1) is 0 Å². The van der Waals surface area contributed by atoms with E-state index in [1.807, 2.05) is 24.3 Å². The minimum Gasteiger partial charge on any atom is -0.449 e. The molecule has 0 unspecified atom stereocenters. The Balaban J connectivity index is 1.82. The number of thioether (sulfide) groups is 1. The molecule has 1 N–H and O–H groups in total. The second-order valence-corrected chi connectivity index (χ2v) is 6.81. The van der Waals surface area contributed by atoms with Crippen molar-refractivity contribution in [3.63, 3.8) is 0 Å². The van der Waals surface area contributed by atoms with Crippen LogP contribution in [-0.2, 0) is 0 Å². The molecule has 0 bridgehead atoms. The molecule has 0 radical (unpaired) electrons. The maximum absolute atomic E-state index is 6.34. The van der Waals surface area contributed by atoms with E-state index in [4.69, 9.17) is 4.74 Å². The first-order chi connectivity index (χ1) is 11.3. The number of nitrogens with zero attached hydrogens (tertiary/aromatic N) is 3. The largest absolute Gasteiger partial charge is 0.449 e. The predicted molar refractivity (Wildman–Crippen MR) is 91.6 cm³/mol. The Kier molecular flexibility index (Phi) is 3.69. The smallest absolute Gasteiger partial charge is 0.247 e. The molecule has 1 aliphatic heterocycles. The van der Waals surface area contributed by atoms with Gasteiger partial charge in [0.2, 0.25) is 11.0 Å². The summed E-state index contributed by atoms with van der Waals surface area (Å²) in [5.74, 6) is 1.33. The monoisotopic (exact) mass is 326 g/mol. The maximum Gasteiger partial charge on any atom is 0.247 e. The molecular formula is C17H18N4OS. The van der Waals surface area contributed by atoms with Crippen molar-refractivity contribution in [2.24, 2.45) is 0 Å². The van der Waals surface area contributed by atoms with E-state index in [2.05, 4.69) is 33.1 Å². The summed E-state index contributed by atoms with van der Waals surface area (Å²) in [5.41, 5.74) is 2.36. The first-order valence-corrected chi connectivity index (χ1v) is 8.83. The van der Waals surface area contributed by atoms with Crippen LogP contribution in [0.2, 0.25) is 0 Å². The van der Waals surface area contributed by atoms with E-state index in [9.17, 15) is 0 Å². The van der Waals surface area contributed by atoms with E-state index in [1.54, 1.807) is 0 Å². The molecule has 1 fully saturated rings. The number of rotatable bonds is 3. The summed E-state index contributed by atoms with van der Waals surface area (Å²) in [6, 6.07) is 8.12. The van der Waals surface area contributed by atoms with Gasteiger partial charge in [-0.3, -0.25) is 0 Å². The molecule has 4 rings (SSSR count). The minimum absolute atomic E-state index is 0.377. The molecule has 118 valence electrons. The normalized spacial score (nSPS) is 17.6. The van der Waals surface area contributed by atoms with Crippen molar-refractivity contribution < 1.29 is 4.74 Å². The molecule has 2 aliphatic rings. The fraction of sp³-hybridized carbons (Fsp3) is 0.353. The highest BCUT2D eigenvalue weighted by molar-refractivity contribution is 7.99. The predicted octanol–water partition coefficient (Wildman–Crippen LogP) is 3.89. The molecule has 0 atom stereocenters. The van der Waals surface area contributed by atoms with Crippen LogP contribution in [0.3, 0.4) is 0 Å². The molecule has 2 heterocycles. The van der Waals surface area contributed by atoms with Gasteiger partial charge >= 0.3 is 0 Å². The SMILES string of the molecule is C=CCSc1nnc2c(n1)OC1(CCCC1)Nc1ccccc1-2. The van der Waals surface area contributed by atoms with Gasteiger partial charge < -0.3 is 10.1 Å². The van der Waals surface area contributed by atoms with Crippen molar-refractivity contribution in [3.8, 4) is 17.1 Å². The Morgan fingerprint density at radius 2 is 2.09 bits per heavy atom. The van der Waals surface area contributed by atoms with E-state index in [0.717, 1.165) is 42.7 Å². The molecule has 1 aromatic carbocycles. The lowest BCUT2D eigenvalue weighted by Gasteiger charge is -2.30. The average Bonchev–Trinajstić information content (AvgIpc) is 2.96. The molecule has 23 heavy (non-hydrogen) atoms. The molecule has 1 aromatic heterocycles. The molecule has 1 saturated carbocycles. The third kappa shape index (κ3) is 2.67. The minimum atomic E-state index is -0.377. The third-order valence-corrected chi connectivity index (χ3v) is 5.05. The highest BCUT2D eigenvalue weighted by Gasteiger charge is 2.40. The van der Waals surface area contributed by atoms with Gasteiger partial charge in [-0.1, -0.05) is 36.0 Å². The lowest BCUT2D eigenvalue weighted by Crippen LogP contribution is -2.41.